The highest BCUT2D eigenvalue weighted by molar-refractivity contribution is 7.19. The lowest BCUT2D eigenvalue weighted by Crippen LogP contribution is -1.99. The summed E-state index contributed by atoms with van der Waals surface area (Å²) in [5.74, 6) is 0.541. The second-order valence-corrected chi connectivity index (χ2v) is 6.98. The minimum Gasteiger partial charge on any atom is -0.380 e. The number of thiophene rings is 1. The van der Waals surface area contributed by atoms with Crippen LogP contribution in [0.2, 0.25) is 5.02 Å². The van der Waals surface area contributed by atoms with Crippen LogP contribution in [0.1, 0.15) is 30.2 Å². The summed E-state index contributed by atoms with van der Waals surface area (Å²) in [6, 6.07) is 16.9. The van der Waals surface area contributed by atoms with Gasteiger partial charge in [0, 0.05) is 20.7 Å². The number of fused-ring (bicyclic) bond motifs is 1. The van der Waals surface area contributed by atoms with E-state index in [1.807, 2.05) is 6.07 Å². The van der Waals surface area contributed by atoms with Crippen molar-refractivity contribution in [3.8, 4) is 0 Å². The van der Waals surface area contributed by atoms with Crippen molar-refractivity contribution < 1.29 is 0 Å². The van der Waals surface area contributed by atoms with Gasteiger partial charge in [0.25, 0.3) is 0 Å². The summed E-state index contributed by atoms with van der Waals surface area (Å²) in [5.41, 5.74) is 2.50. The zero-order valence-electron chi connectivity index (χ0n) is 12.2. The Balaban J connectivity index is 1.80. The van der Waals surface area contributed by atoms with E-state index in [1.165, 1.54) is 15.1 Å². The molecule has 21 heavy (non-hydrogen) atoms. The second kappa shape index (κ2) is 6.08. The van der Waals surface area contributed by atoms with Crippen LogP contribution in [0.25, 0.3) is 10.1 Å². The van der Waals surface area contributed by atoms with E-state index in [9.17, 15) is 0 Å². The van der Waals surface area contributed by atoms with E-state index in [2.05, 4.69) is 61.6 Å². The fraction of sp³-hybridized carbons (Fsp3) is 0.222. The van der Waals surface area contributed by atoms with Crippen LogP contribution >= 0.6 is 22.9 Å². The van der Waals surface area contributed by atoms with E-state index in [1.54, 1.807) is 11.3 Å². The van der Waals surface area contributed by atoms with Crippen LogP contribution in [0.3, 0.4) is 0 Å². The molecule has 3 aromatic rings. The zero-order chi connectivity index (χ0) is 14.8. The lowest BCUT2D eigenvalue weighted by atomic mass is 10.0. The van der Waals surface area contributed by atoms with E-state index in [-0.39, 0.29) is 0 Å². The molecule has 1 nitrogen and oxygen atoms in total. The van der Waals surface area contributed by atoms with Crippen LogP contribution in [0.5, 0.6) is 0 Å². The van der Waals surface area contributed by atoms with Crippen LogP contribution in [0.15, 0.2) is 48.5 Å². The van der Waals surface area contributed by atoms with Gasteiger partial charge in [-0.3, -0.25) is 0 Å². The molecule has 108 valence electrons. The smallest absolute Gasteiger partial charge is 0.0642 e. The molecule has 1 aromatic heterocycles. The quantitative estimate of drug-likeness (QED) is 0.596. The first-order valence-electron chi connectivity index (χ1n) is 7.15. The first-order valence-corrected chi connectivity index (χ1v) is 8.34. The van der Waals surface area contributed by atoms with E-state index >= 15 is 0 Å². The molecule has 0 spiro atoms. The van der Waals surface area contributed by atoms with Gasteiger partial charge in [-0.2, -0.15) is 0 Å². The first kappa shape index (κ1) is 14.4. The third-order valence-corrected chi connectivity index (χ3v) is 5.32. The van der Waals surface area contributed by atoms with Gasteiger partial charge in [-0.15, -0.1) is 11.3 Å². The van der Waals surface area contributed by atoms with Crippen molar-refractivity contribution in [3.05, 3.63) is 64.0 Å². The summed E-state index contributed by atoms with van der Waals surface area (Å²) in [4.78, 5) is 1.19. The fourth-order valence-corrected chi connectivity index (χ4v) is 3.81. The van der Waals surface area contributed by atoms with Crippen LogP contribution in [-0.2, 0) is 6.54 Å². The molecule has 0 atom stereocenters. The Bertz CT molecular complexity index is 761. The molecule has 0 fully saturated rings. The second-order valence-electron chi connectivity index (χ2n) is 5.47. The number of halogens is 1. The van der Waals surface area contributed by atoms with Gasteiger partial charge >= 0.3 is 0 Å². The molecule has 2 aromatic carbocycles. The van der Waals surface area contributed by atoms with Crippen LogP contribution in [-0.4, -0.2) is 0 Å². The highest BCUT2D eigenvalue weighted by Crippen LogP contribution is 2.35. The molecule has 1 N–H and O–H groups in total. The number of rotatable bonds is 4. The predicted molar refractivity (Wildman–Crippen MR) is 94.7 cm³/mol. The summed E-state index contributed by atoms with van der Waals surface area (Å²) in [7, 11) is 0. The Morgan fingerprint density at radius 2 is 1.90 bits per heavy atom. The lowest BCUT2D eigenvalue weighted by Gasteiger charge is -2.10. The molecule has 0 radical (unpaired) electrons. The topological polar surface area (TPSA) is 12.0 Å². The van der Waals surface area contributed by atoms with Crippen molar-refractivity contribution in [3.63, 3.8) is 0 Å². The standard InChI is InChI=1S/C18H18ClNS/c1-12(2)13-6-5-7-14(10-13)20-11-17-18(19)15-8-3-4-9-16(15)21-17/h3-10,12,20H,11H2,1-2H3. The van der Waals surface area contributed by atoms with Gasteiger partial charge in [0.2, 0.25) is 0 Å². The molecule has 0 aliphatic heterocycles. The summed E-state index contributed by atoms with van der Waals surface area (Å²) in [6.07, 6.45) is 0. The Morgan fingerprint density at radius 1 is 1.10 bits per heavy atom. The molecule has 3 heteroatoms. The Morgan fingerprint density at radius 3 is 2.67 bits per heavy atom. The maximum Gasteiger partial charge on any atom is 0.0642 e. The average molecular weight is 316 g/mol. The highest BCUT2D eigenvalue weighted by atomic mass is 35.5. The number of hydrogen-bond donors (Lipinski definition) is 1. The van der Waals surface area contributed by atoms with Gasteiger partial charge in [0.05, 0.1) is 11.6 Å². The van der Waals surface area contributed by atoms with E-state index in [0.717, 1.165) is 22.6 Å². The van der Waals surface area contributed by atoms with Gasteiger partial charge in [-0.25, -0.2) is 0 Å². The third-order valence-electron chi connectivity index (χ3n) is 3.61. The van der Waals surface area contributed by atoms with Crippen molar-refractivity contribution in [2.45, 2.75) is 26.3 Å². The minimum atomic E-state index is 0.541. The van der Waals surface area contributed by atoms with Gasteiger partial charge in [0.1, 0.15) is 0 Å². The van der Waals surface area contributed by atoms with Gasteiger partial charge in [-0.05, 0) is 29.7 Å². The Kier molecular flexibility index (Phi) is 4.18. The van der Waals surface area contributed by atoms with Gasteiger partial charge in [-0.1, -0.05) is 55.8 Å². The van der Waals surface area contributed by atoms with E-state index in [0.29, 0.717) is 5.92 Å². The van der Waals surface area contributed by atoms with Crippen LogP contribution < -0.4 is 5.32 Å². The van der Waals surface area contributed by atoms with E-state index in [4.69, 9.17) is 11.6 Å². The fourth-order valence-electron chi connectivity index (χ4n) is 2.37. The maximum atomic E-state index is 6.48. The first-order chi connectivity index (χ1) is 10.1. The Hall–Kier alpha value is -1.51. The number of hydrogen-bond acceptors (Lipinski definition) is 2. The van der Waals surface area contributed by atoms with Crippen molar-refractivity contribution in [2.24, 2.45) is 0 Å². The van der Waals surface area contributed by atoms with Crippen molar-refractivity contribution in [1.29, 1.82) is 0 Å². The molecular weight excluding hydrogens is 298 g/mol. The van der Waals surface area contributed by atoms with Crippen molar-refractivity contribution in [2.75, 3.05) is 5.32 Å². The summed E-state index contributed by atoms with van der Waals surface area (Å²) in [5, 5.41) is 5.51. The molecule has 0 saturated heterocycles. The van der Waals surface area contributed by atoms with Crippen molar-refractivity contribution in [1.82, 2.24) is 0 Å². The normalized spacial score (nSPS) is 11.2. The summed E-state index contributed by atoms with van der Waals surface area (Å²) in [6.45, 7) is 5.18. The maximum absolute atomic E-state index is 6.48. The summed E-state index contributed by atoms with van der Waals surface area (Å²) < 4.78 is 1.25. The number of anilines is 1. The Labute approximate surface area is 134 Å². The molecule has 0 aliphatic rings. The van der Waals surface area contributed by atoms with Crippen LogP contribution in [0, 0.1) is 0 Å². The number of benzene rings is 2. The molecular formula is C18H18ClNS. The van der Waals surface area contributed by atoms with Gasteiger partial charge in [0.15, 0.2) is 0 Å². The molecule has 0 unspecified atom stereocenters. The molecule has 0 aliphatic carbocycles. The molecule has 0 amide bonds. The minimum absolute atomic E-state index is 0.541. The predicted octanol–water partition coefficient (Wildman–Crippen LogP) is 6.29. The molecule has 3 rings (SSSR count). The van der Waals surface area contributed by atoms with E-state index < -0.39 is 0 Å². The highest BCUT2D eigenvalue weighted by Gasteiger charge is 2.09. The van der Waals surface area contributed by atoms with Crippen molar-refractivity contribution >= 4 is 38.7 Å². The lowest BCUT2D eigenvalue weighted by molar-refractivity contribution is 0.866. The molecule has 0 saturated carbocycles. The van der Waals surface area contributed by atoms with Gasteiger partial charge < -0.3 is 5.32 Å². The largest absolute Gasteiger partial charge is 0.380 e. The zero-order valence-corrected chi connectivity index (χ0v) is 13.8. The van der Waals surface area contributed by atoms with Crippen LogP contribution in [0.4, 0.5) is 5.69 Å². The monoisotopic (exact) mass is 315 g/mol. The number of nitrogens with one attached hydrogen (secondary N) is 1. The summed E-state index contributed by atoms with van der Waals surface area (Å²) >= 11 is 8.23. The molecule has 1 heterocycles. The third kappa shape index (κ3) is 3.07. The average Bonchev–Trinajstić information content (AvgIpc) is 2.82. The SMILES string of the molecule is CC(C)c1cccc(NCc2sc3ccccc3c2Cl)c1. The molecule has 0 bridgehead atoms.